The van der Waals surface area contributed by atoms with E-state index in [0.717, 1.165) is 13.6 Å². The molecule has 0 amide bonds. The van der Waals surface area contributed by atoms with E-state index >= 15 is 0 Å². The van der Waals surface area contributed by atoms with Gasteiger partial charge in [0.15, 0.2) is 16.3 Å². The van der Waals surface area contributed by atoms with Gasteiger partial charge in [-0.05, 0) is 91.4 Å². The number of nitriles is 1. The molecular weight excluding hydrogens is 785 g/mol. The van der Waals surface area contributed by atoms with Crippen molar-refractivity contribution in [3.63, 3.8) is 0 Å². The van der Waals surface area contributed by atoms with E-state index in [-0.39, 0.29) is 23.8 Å². The van der Waals surface area contributed by atoms with Gasteiger partial charge < -0.3 is 18.9 Å². The van der Waals surface area contributed by atoms with Crippen LogP contribution in [0.1, 0.15) is 49.1 Å². The summed E-state index contributed by atoms with van der Waals surface area (Å²) in [6.45, 7) is 5.48. The highest BCUT2D eigenvalue weighted by Crippen LogP contribution is 2.38. The molecule has 1 aromatic heterocycles. The van der Waals surface area contributed by atoms with E-state index in [0.29, 0.717) is 49.0 Å². The van der Waals surface area contributed by atoms with Crippen molar-refractivity contribution in [2.24, 2.45) is 4.99 Å². The Labute approximate surface area is 291 Å². The molecule has 1 atom stereocenters. The van der Waals surface area contributed by atoms with Gasteiger partial charge in [-0.3, -0.25) is 9.36 Å². The molecule has 9 nitrogen and oxygen atoms in total. The van der Waals surface area contributed by atoms with Gasteiger partial charge in [0.05, 0.1) is 51.3 Å². The van der Waals surface area contributed by atoms with E-state index in [2.05, 4.69) is 49.6 Å². The van der Waals surface area contributed by atoms with Gasteiger partial charge in [-0.25, -0.2) is 9.79 Å². The number of hydrogen-bond donors (Lipinski definition) is 0. The lowest BCUT2D eigenvalue weighted by atomic mass is 9.95. The van der Waals surface area contributed by atoms with E-state index < -0.39 is 12.0 Å². The monoisotopic (exact) mass is 813 g/mol. The van der Waals surface area contributed by atoms with E-state index in [1.807, 2.05) is 36.4 Å². The number of nitrogens with zero attached hydrogens (tertiary/aromatic N) is 3. The summed E-state index contributed by atoms with van der Waals surface area (Å²) in [5, 5.41) is 9.44. The number of fused-ring (bicyclic) bond motifs is 1. The maximum Gasteiger partial charge on any atom is 0.338 e. The summed E-state index contributed by atoms with van der Waals surface area (Å²) < 4.78 is 26.5. The molecule has 0 saturated heterocycles. The molecule has 0 unspecified atom stereocenters. The number of methoxy groups -OCH3 is 2. The normalized spacial score (nSPS) is 14.4. The number of ether oxygens (including phenoxy) is 4. The number of allylic oxidation sites excluding steroid dienone is 1. The SMILES string of the molecule is COc1ccc(Br)cc1[C@@H]1C(C(=O)OC(C)C)=C(C)N=c2s/c(=C\c3cc(I)c(OCc4ccccc4C#N)c(OC)c3)c(=O)n21. The van der Waals surface area contributed by atoms with Gasteiger partial charge in [-0.2, -0.15) is 5.26 Å². The Hall–Kier alpha value is -3.93. The predicted octanol–water partition coefficient (Wildman–Crippen LogP) is 6.02. The van der Waals surface area contributed by atoms with E-state index in [1.165, 1.54) is 15.9 Å². The van der Waals surface area contributed by atoms with Crippen LogP contribution >= 0.6 is 49.9 Å². The Morgan fingerprint density at radius 1 is 1.15 bits per heavy atom. The molecule has 0 spiro atoms. The summed E-state index contributed by atoms with van der Waals surface area (Å²) in [6, 6.07) is 17.7. The largest absolute Gasteiger partial charge is 0.496 e. The molecule has 236 valence electrons. The third-order valence-corrected chi connectivity index (χ3v) is 9.41. The topological polar surface area (TPSA) is 112 Å². The van der Waals surface area contributed by atoms with Crippen LogP contribution in [0.5, 0.6) is 17.2 Å². The lowest BCUT2D eigenvalue weighted by Gasteiger charge is -2.26. The number of halogens is 2. The molecule has 0 aliphatic carbocycles. The first-order chi connectivity index (χ1) is 22.1. The first kappa shape index (κ1) is 33.4. The minimum absolute atomic E-state index is 0.189. The predicted molar refractivity (Wildman–Crippen MR) is 187 cm³/mol. The fourth-order valence-corrected chi connectivity index (χ4v) is 7.30. The molecule has 3 aromatic carbocycles. The maximum absolute atomic E-state index is 14.2. The van der Waals surface area contributed by atoms with E-state index in [1.54, 1.807) is 59.3 Å². The molecule has 1 aliphatic rings. The maximum atomic E-state index is 14.2. The van der Waals surface area contributed by atoms with Crippen LogP contribution in [0, 0.1) is 14.9 Å². The third-order valence-electron chi connectivity index (χ3n) is 7.13. The third kappa shape index (κ3) is 6.77. The minimum atomic E-state index is -0.834. The van der Waals surface area contributed by atoms with Crippen molar-refractivity contribution < 1.29 is 23.7 Å². The zero-order chi connectivity index (χ0) is 33.1. The Balaban J connectivity index is 1.61. The van der Waals surface area contributed by atoms with Gasteiger partial charge in [-0.1, -0.05) is 45.5 Å². The van der Waals surface area contributed by atoms with Crippen LogP contribution in [-0.2, 0) is 16.1 Å². The highest BCUT2D eigenvalue weighted by atomic mass is 127. The second kappa shape index (κ2) is 14.2. The average molecular weight is 814 g/mol. The molecule has 0 fully saturated rings. The smallest absolute Gasteiger partial charge is 0.338 e. The van der Waals surface area contributed by atoms with Crippen LogP contribution in [0.3, 0.4) is 0 Å². The van der Waals surface area contributed by atoms with Crippen LogP contribution in [0.2, 0.25) is 0 Å². The summed E-state index contributed by atoms with van der Waals surface area (Å²) >= 11 is 6.92. The lowest BCUT2D eigenvalue weighted by Crippen LogP contribution is -2.40. The second-order valence-electron chi connectivity index (χ2n) is 10.5. The minimum Gasteiger partial charge on any atom is -0.496 e. The number of rotatable bonds is 9. The number of benzene rings is 3. The molecule has 0 radical (unpaired) electrons. The van der Waals surface area contributed by atoms with Crippen LogP contribution in [0.15, 0.2) is 80.1 Å². The zero-order valence-corrected chi connectivity index (χ0v) is 30.2. The summed E-state index contributed by atoms with van der Waals surface area (Å²) in [7, 11) is 3.09. The fourth-order valence-electron chi connectivity index (χ4n) is 5.09. The standard InChI is InChI=1S/C34H29BrIN3O6S/c1-18(2)45-33(41)29-19(3)38-34-39(30(29)24-15-23(35)10-11-26(24)42-4)32(40)28(46-34)14-20-12-25(36)31(27(13-20)43-5)44-17-22-9-7-6-8-21(22)16-37/h6-15,18,30H,17H2,1-5H3/b28-14-/t30-/m1/s1. The lowest BCUT2D eigenvalue weighted by molar-refractivity contribution is -0.143. The quantitative estimate of drug-likeness (QED) is 0.150. The van der Waals surface area contributed by atoms with Crippen LogP contribution in [0.4, 0.5) is 0 Å². The fraction of sp³-hybridized carbons (Fsp3) is 0.235. The Kier molecular flexibility index (Phi) is 10.3. The summed E-state index contributed by atoms with van der Waals surface area (Å²) in [6.07, 6.45) is 1.40. The number of hydrogen-bond acceptors (Lipinski definition) is 9. The van der Waals surface area contributed by atoms with Crippen molar-refractivity contribution in [3.05, 3.63) is 116 Å². The van der Waals surface area contributed by atoms with Gasteiger partial charge in [-0.15, -0.1) is 0 Å². The molecule has 1 aliphatic heterocycles. The van der Waals surface area contributed by atoms with E-state index in [9.17, 15) is 14.9 Å². The van der Waals surface area contributed by atoms with Crippen LogP contribution in [0.25, 0.3) is 6.08 Å². The number of aromatic nitrogens is 1. The van der Waals surface area contributed by atoms with Crippen molar-refractivity contribution in [2.75, 3.05) is 14.2 Å². The molecule has 0 N–H and O–H groups in total. The Morgan fingerprint density at radius 3 is 2.59 bits per heavy atom. The van der Waals surface area contributed by atoms with Crippen LogP contribution in [-0.4, -0.2) is 30.9 Å². The Morgan fingerprint density at radius 2 is 1.89 bits per heavy atom. The van der Waals surface area contributed by atoms with Crippen molar-refractivity contribution in [1.82, 2.24) is 4.57 Å². The number of carbonyl (C=O) groups excluding carboxylic acids is 1. The second-order valence-corrected chi connectivity index (χ2v) is 13.6. The van der Waals surface area contributed by atoms with Crippen molar-refractivity contribution in [1.29, 1.82) is 5.26 Å². The summed E-state index contributed by atoms with van der Waals surface area (Å²) in [5.74, 6) is 0.969. The molecule has 0 saturated carbocycles. The van der Waals surface area contributed by atoms with Crippen molar-refractivity contribution >= 4 is 61.9 Å². The van der Waals surface area contributed by atoms with Gasteiger partial charge in [0.1, 0.15) is 18.4 Å². The molecule has 5 rings (SSSR count). The number of thiazole rings is 1. The molecule has 12 heteroatoms. The molecule has 2 heterocycles. The van der Waals surface area contributed by atoms with Crippen molar-refractivity contribution in [2.45, 2.75) is 39.5 Å². The molecule has 0 bridgehead atoms. The first-order valence-electron chi connectivity index (χ1n) is 14.1. The Bertz CT molecular complexity index is 2100. The summed E-state index contributed by atoms with van der Waals surface area (Å²) in [5.41, 5.74) is 3.03. The van der Waals surface area contributed by atoms with Crippen molar-refractivity contribution in [3.8, 4) is 23.3 Å². The molecule has 46 heavy (non-hydrogen) atoms. The molecule has 4 aromatic rings. The highest BCUT2D eigenvalue weighted by Gasteiger charge is 2.35. The average Bonchev–Trinajstić information content (AvgIpc) is 3.32. The van der Waals surface area contributed by atoms with Gasteiger partial charge in [0, 0.05) is 15.6 Å². The first-order valence-corrected chi connectivity index (χ1v) is 16.8. The van der Waals surface area contributed by atoms with Gasteiger partial charge in [0.25, 0.3) is 5.56 Å². The highest BCUT2D eigenvalue weighted by molar-refractivity contribution is 14.1. The van der Waals surface area contributed by atoms with Gasteiger partial charge in [0.2, 0.25) is 0 Å². The van der Waals surface area contributed by atoms with Gasteiger partial charge >= 0.3 is 5.97 Å². The van der Waals surface area contributed by atoms with Crippen LogP contribution < -0.4 is 29.1 Å². The number of esters is 1. The molecular formula is C34H29BrIN3O6S. The zero-order valence-electron chi connectivity index (χ0n) is 25.6. The summed E-state index contributed by atoms with van der Waals surface area (Å²) in [4.78, 5) is 32.8. The number of carbonyl (C=O) groups is 1. The van der Waals surface area contributed by atoms with E-state index in [4.69, 9.17) is 18.9 Å².